The summed E-state index contributed by atoms with van der Waals surface area (Å²) in [6.07, 6.45) is -0.736. The lowest BCUT2D eigenvalue weighted by Crippen LogP contribution is -2.17. The van der Waals surface area contributed by atoms with Crippen molar-refractivity contribution in [1.82, 2.24) is 20.4 Å². The Morgan fingerprint density at radius 2 is 1.91 bits per heavy atom. The normalized spacial score (nSPS) is 17.2. The number of amides is 1. The second-order valence-corrected chi connectivity index (χ2v) is 7.87. The van der Waals surface area contributed by atoms with E-state index in [4.69, 9.17) is 4.74 Å². The average Bonchev–Trinajstić information content (AvgIpc) is 3.40. The van der Waals surface area contributed by atoms with Crippen LogP contribution in [0.1, 0.15) is 29.6 Å². The van der Waals surface area contributed by atoms with Crippen molar-refractivity contribution in [2.45, 2.75) is 31.3 Å². The summed E-state index contributed by atoms with van der Waals surface area (Å²) in [5.41, 5.74) is 2.33. The van der Waals surface area contributed by atoms with Crippen LogP contribution in [0.25, 0.3) is 22.4 Å². The van der Waals surface area contributed by atoms with E-state index in [2.05, 4.69) is 25.7 Å². The van der Waals surface area contributed by atoms with E-state index < -0.39 is 23.8 Å². The molecule has 33 heavy (non-hydrogen) atoms. The molecule has 2 aromatic carbocycles. The first-order valence-corrected chi connectivity index (χ1v) is 10.3. The third-order valence-corrected chi connectivity index (χ3v) is 5.46. The van der Waals surface area contributed by atoms with E-state index in [-0.39, 0.29) is 18.4 Å². The lowest BCUT2D eigenvalue weighted by molar-refractivity contribution is -0.00106. The molecule has 1 unspecified atom stereocenters. The first-order chi connectivity index (χ1) is 15.9. The van der Waals surface area contributed by atoms with E-state index in [9.17, 15) is 18.0 Å². The third kappa shape index (κ3) is 4.50. The van der Waals surface area contributed by atoms with Crippen molar-refractivity contribution in [3.05, 3.63) is 66.0 Å². The summed E-state index contributed by atoms with van der Waals surface area (Å²) < 4.78 is 46.6. The standard InChI is InChI=1S/C23H18F3N5O2/c24-18-6-1-13(19-7-8-20-21(28-19)30-31-29-20)11-17(18)22(32)27-14-2-4-15(5-3-14)33-16-9-10-23(25,26)12-16/h1-8,11,16H,9-10,12H2,(H,27,32)(H,28,29,30,31). The number of hydrogen-bond donors (Lipinski definition) is 2. The number of alkyl halides is 2. The third-order valence-electron chi connectivity index (χ3n) is 5.46. The molecule has 7 nitrogen and oxygen atoms in total. The van der Waals surface area contributed by atoms with Crippen molar-refractivity contribution in [1.29, 1.82) is 0 Å². The van der Waals surface area contributed by atoms with Gasteiger partial charge in [0.05, 0.1) is 11.3 Å². The lowest BCUT2D eigenvalue weighted by atomic mass is 10.1. The van der Waals surface area contributed by atoms with Crippen molar-refractivity contribution in [3.8, 4) is 17.0 Å². The van der Waals surface area contributed by atoms with Crippen molar-refractivity contribution in [2.24, 2.45) is 0 Å². The van der Waals surface area contributed by atoms with Crippen molar-refractivity contribution < 1.29 is 22.7 Å². The number of carbonyl (C=O) groups excluding carboxylic acids is 1. The number of nitrogens with one attached hydrogen (secondary N) is 2. The molecule has 1 aliphatic rings. The Balaban J connectivity index is 1.30. The Kier molecular flexibility index (Phi) is 5.20. The molecule has 5 rings (SSSR count). The van der Waals surface area contributed by atoms with Crippen LogP contribution in [0.2, 0.25) is 0 Å². The van der Waals surface area contributed by atoms with Gasteiger partial charge in [0.2, 0.25) is 5.65 Å². The topological polar surface area (TPSA) is 92.8 Å². The number of benzene rings is 2. The summed E-state index contributed by atoms with van der Waals surface area (Å²) in [5, 5.41) is 13.0. The van der Waals surface area contributed by atoms with E-state index in [0.717, 1.165) is 0 Å². The summed E-state index contributed by atoms with van der Waals surface area (Å²) in [7, 11) is 0. The molecule has 0 saturated heterocycles. The maximum Gasteiger partial charge on any atom is 0.258 e. The fourth-order valence-electron chi connectivity index (χ4n) is 3.77. The van der Waals surface area contributed by atoms with E-state index in [1.165, 1.54) is 18.2 Å². The maximum absolute atomic E-state index is 14.4. The number of ether oxygens (including phenoxy) is 1. The zero-order valence-electron chi connectivity index (χ0n) is 17.2. The highest BCUT2D eigenvalue weighted by atomic mass is 19.3. The van der Waals surface area contributed by atoms with E-state index in [0.29, 0.717) is 40.3 Å². The Labute approximate surface area is 186 Å². The smallest absolute Gasteiger partial charge is 0.258 e. The number of aromatic nitrogens is 4. The van der Waals surface area contributed by atoms with Gasteiger partial charge in [0, 0.05) is 24.1 Å². The molecule has 0 aliphatic heterocycles. The first-order valence-electron chi connectivity index (χ1n) is 10.3. The molecule has 168 valence electrons. The Morgan fingerprint density at radius 3 is 2.67 bits per heavy atom. The predicted octanol–water partition coefficient (Wildman–Crippen LogP) is 4.98. The van der Waals surface area contributed by atoms with Crippen LogP contribution in [0.3, 0.4) is 0 Å². The molecule has 2 aromatic heterocycles. The Morgan fingerprint density at radius 1 is 1.09 bits per heavy atom. The number of hydrogen-bond acceptors (Lipinski definition) is 5. The molecule has 1 saturated carbocycles. The highest BCUT2D eigenvalue weighted by Gasteiger charge is 2.40. The number of pyridine rings is 1. The number of carbonyl (C=O) groups is 1. The number of aromatic amines is 1. The van der Waals surface area contributed by atoms with Crippen LogP contribution in [-0.2, 0) is 0 Å². The maximum atomic E-state index is 14.4. The molecule has 10 heteroatoms. The fraction of sp³-hybridized carbons (Fsp3) is 0.217. The van der Waals surface area contributed by atoms with Crippen LogP contribution in [0.4, 0.5) is 18.9 Å². The van der Waals surface area contributed by atoms with Crippen LogP contribution in [0.15, 0.2) is 54.6 Å². The minimum atomic E-state index is -2.69. The summed E-state index contributed by atoms with van der Waals surface area (Å²) in [6, 6.07) is 13.9. The molecule has 0 radical (unpaired) electrons. The Bertz CT molecular complexity index is 1320. The molecule has 1 fully saturated rings. The highest BCUT2D eigenvalue weighted by molar-refractivity contribution is 6.05. The van der Waals surface area contributed by atoms with Crippen LogP contribution in [-0.4, -0.2) is 38.3 Å². The molecular formula is C23H18F3N5O2. The summed E-state index contributed by atoms with van der Waals surface area (Å²) in [4.78, 5) is 17.1. The van der Waals surface area contributed by atoms with Gasteiger partial charge in [-0.1, -0.05) is 0 Å². The number of halogens is 3. The van der Waals surface area contributed by atoms with Crippen molar-refractivity contribution in [3.63, 3.8) is 0 Å². The van der Waals surface area contributed by atoms with Crippen LogP contribution < -0.4 is 10.1 Å². The van der Waals surface area contributed by atoms with Gasteiger partial charge in [0.25, 0.3) is 11.8 Å². The zero-order chi connectivity index (χ0) is 23.0. The highest BCUT2D eigenvalue weighted by Crippen LogP contribution is 2.37. The quantitative estimate of drug-likeness (QED) is 0.445. The molecule has 4 aromatic rings. The van der Waals surface area contributed by atoms with Gasteiger partial charge in [-0.25, -0.2) is 18.2 Å². The van der Waals surface area contributed by atoms with Crippen molar-refractivity contribution in [2.75, 3.05) is 5.32 Å². The van der Waals surface area contributed by atoms with Gasteiger partial charge >= 0.3 is 0 Å². The predicted molar refractivity (Wildman–Crippen MR) is 115 cm³/mol. The summed E-state index contributed by atoms with van der Waals surface area (Å²) >= 11 is 0. The van der Waals surface area contributed by atoms with Crippen LogP contribution >= 0.6 is 0 Å². The van der Waals surface area contributed by atoms with Gasteiger partial charge < -0.3 is 10.1 Å². The molecule has 2 heterocycles. The summed E-state index contributed by atoms with van der Waals surface area (Å²) in [5.74, 6) is -3.58. The van der Waals surface area contributed by atoms with Crippen LogP contribution in [0, 0.1) is 5.82 Å². The first kappa shape index (κ1) is 20.9. The average molecular weight is 453 g/mol. The largest absolute Gasteiger partial charge is 0.490 e. The molecule has 0 bridgehead atoms. The summed E-state index contributed by atoms with van der Waals surface area (Å²) in [6.45, 7) is 0. The molecule has 0 spiro atoms. The van der Waals surface area contributed by atoms with E-state index in [1.54, 1.807) is 36.4 Å². The van der Waals surface area contributed by atoms with E-state index in [1.807, 2.05) is 0 Å². The molecule has 1 amide bonds. The van der Waals surface area contributed by atoms with Gasteiger partial charge in [-0.15, -0.1) is 5.10 Å². The number of rotatable bonds is 5. The van der Waals surface area contributed by atoms with Crippen LogP contribution in [0.5, 0.6) is 5.75 Å². The van der Waals surface area contributed by atoms with Gasteiger partial charge in [0.15, 0.2) is 0 Å². The number of fused-ring (bicyclic) bond motifs is 1. The Hall–Kier alpha value is -3.95. The minimum absolute atomic E-state index is 0.150. The van der Waals surface area contributed by atoms with E-state index >= 15 is 0 Å². The second-order valence-electron chi connectivity index (χ2n) is 7.87. The van der Waals surface area contributed by atoms with Gasteiger partial charge in [-0.2, -0.15) is 10.3 Å². The monoisotopic (exact) mass is 453 g/mol. The molecular weight excluding hydrogens is 435 g/mol. The molecule has 2 N–H and O–H groups in total. The van der Waals surface area contributed by atoms with Crippen molar-refractivity contribution >= 4 is 22.8 Å². The molecule has 1 aliphatic carbocycles. The number of nitrogens with zero attached hydrogens (tertiary/aromatic N) is 3. The zero-order valence-corrected chi connectivity index (χ0v) is 17.2. The molecule has 1 atom stereocenters. The number of anilines is 1. The fourth-order valence-corrected chi connectivity index (χ4v) is 3.77. The number of H-pyrrole nitrogens is 1. The van der Waals surface area contributed by atoms with Gasteiger partial charge in [-0.05, 0) is 61.0 Å². The van der Waals surface area contributed by atoms with Gasteiger partial charge in [-0.3, -0.25) is 4.79 Å². The lowest BCUT2D eigenvalue weighted by Gasteiger charge is -2.14. The second kappa shape index (κ2) is 8.19. The minimum Gasteiger partial charge on any atom is -0.490 e. The SMILES string of the molecule is O=C(Nc1ccc(OC2CCC(F)(F)C2)cc1)c1cc(-c2ccc3n[nH]nc3n2)ccc1F. The van der Waals surface area contributed by atoms with Gasteiger partial charge in [0.1, 0.15) is 23.2 Å².